The molecule has 21 heteroatoms. The monoisotopic (exact) mass is 1040 g/mol. The van der Waals surface area contributed by atoms with E-state index in [2.05, 4.69) is 47.6 Å². The SMILES string of the molecule is CC(C)=CC1CC(C)(O)C2C3CCC4C5(C)CCC(O[C@@H]6OC[C@@H](O)[C@@H](O[C@@H]7O[C@H](CO)[C@@H](O)[C@H](O)[C@H]7O[C@@H]7OC[C@@H](O)[C@H](O)[C@H]7O)[C@H]6O[C@@H]6O[C@@H](C)[C@@H](O)[C@@H](O)[C@H]6O)C(C)(C)C5CCC4(C)C34COC2(C4)O1. The van der Waals surface area contributed by atoms with Crippen molar-refractivity contribution in [1.82, 2.24) is 0 Å². The van der Waals surface area contributed by atoms with Crippen molar-refractivity contribution in [3.05, 3.63) is 11.6 Å². The molecule has 0 aromatic rings. The van der Waals surface area contributed by atoms with Crippen LogP contribution in [0.5, 0.6) is 0 Å². The molecule has 4 saturated carbocycles. The second kappa shape index (κ2) is 19.6. The van der Waals surface area contributed by atoms with Crippen molar-refractivity contribution >= 4 is 0 Å². The molecule has 2 bridgehead atoms. The van der Waals surface area contributed by atoms with Crippen LogP contribution in [0.4, 0.5) is 0 Å². The van der Waals surface area contributed by atoms with Gasteiger partial charge in [0.25, 0.3) is 0 Å². The van der Waals surface area contributed by atoms with Gasteiger partial charge >= 0.3 is 0 Å². The molecule has 11 unspecified atom stereocenters. The molecule has 29 atom stereocenters. The minimum atomic E-state index is -1.87. The Hall–Kier alpha value is -1.10. The van der Waals surface area contributed by atoms with Gasteiger partial charge in [-0.2, -0.15) is 0 Å². The molecule has 6 saturated heterocycles. The van der Waals surface area contributed by atoms with Crippen LogP contribution < -0.4 is 0 Å². The lowest BCUT2D eigenvalue weighted by molar-refractivity contribution is -0.399. The van der Waals surface area contributed by atoms with Gasteiger partial charge in [-0.25, -0.2) is 0 Å². The molecular weight excluding hydrogens is 961 g/mol. The Labute approximate surface area is 426 Å². The fourth-order valence-electron chi connectivity index (χ4n) is 16.9. The smallest absolute Gasteiger partial charge is 0.187 e. The van der Waals surface area contributed by atoms with E-state index in [1.54, 1.807) is 0 Å². The van der Waals surface area contributed by atoms with E-state index in [4.69, 9.17) is 47.4 Å². The zero-order chi connectivity index (χ0) is 52.7. The van der Waals surface area contributed by atoms with Crippen molar-refractivity contribution in [3.63, 3.8) is 0 Å². The maximum absolute atomic E-state index is 12.3. The fourth-order valence-corrected chi connectivity index (χ4v) is 16.9. The zero-order valence-corrected chi connectivity index (χ0v) is 43.4. The van der Waals surface area contributed by atoms with Crippen molar-refractivity contribution < 1.29 is 104 Å². The summed E-state index contributed by atoms with van der Waals surface area (Å²) >= 11 is 0. The van der Waals surface area contributed by atoms with Gasteiger partial charge in [0.05, 0.1) is 50.3 Å². The minimum Gasteiger partial charge on any atom is -0.394 e. The summed E-state index contributed by atoms with van der Waals surface area (Å²) in [5.41, 5.74) is -0.717. The van der Waals surface area contributed by atoms with Gasteiger partial charge in [-0.15, -0.1) is 0 Å². The van der Waals surface area contributed by atoms with Crippen LogP contribution in [-0.4, -0.2) is 217 Å². The quantitative estimate of drug-likeness (QED) is 0.0967. The van der Waals surface area contributed by atoms with Crippen LogP contribution in [0.3, 0.4) is 0 Å². The van der Waals surface area contributed by atoms with Crippen molar-refractivity contribution in [2.45, 2.75) is 241 Å². The Morgan fingerprint density at radius 3 is 2.03 bits per heavy atom. The summed E-state index contributed by atoms with van der Waals surface area (Å²) in [5.74, 6) is -0.230. The second-order valence-electron chi connectivity index (χ2n) is 25.3. The molecule has 11 N–H and O–H groups in total. The lowest BCUT2D eigenvalue weighted by Crippen LogP contribution is -2.68. The normalized spacial score (nSPS) is 57.5. The first-order valence-corrected chi connectivity index (χ1v) is 26.8. The van der Waals surface area contributed by atoms with Crippen molar-refractivity contribution in [1.29, 1.82) is 0 Å². The Morgan fingerprint density at radius 2 is 1.32 bits per heavy atom. The Kier molecular flexibility index (Phi) is 14.8. The largest absolute Gasteiger partial charge is 0.394 e. The van der Waals surface area contributed by atoms with E-state index in [1.807, 2.05) is 6.92 Å². The van der Waals surface area contributed by atoms with E-state index in [9.17, 15) is 56.2 Å². The molecule has 0 aromatic carbocycles. The van der Waals surface area contributed by atoms with E-state index < -0.39 is 147 Å². The van der Waals surface area contributed by atoms with Crippen LogP contribution in [0, 0.1) is 45.3 Å². The number of allylic oxidation sites excluding steroid dienone is 1. The third-order valence-corrected chi connectivity index (χ3v) is 20.4. The van der Waals surface area contributed by atoms with Crippen LogP contribution >= 0.6 is 0 Å². The van der Waals surface area contributed by atoms with Crippen LogP contribution in [-0.2, 0) is 47.4 Å². The highest BCUT2D eigenvalue weighted by atomic mass is 16.8. The first-order chi connectivity index (χ1) is 34.2. The number of ether oxygens (including phenoxy) is 10. The molecule has 10 rings (SSSR count). The molecule has 73 heavy (non-hydrogen) atoms. The second-order valence-corrected chi connectivity index (χ2v) is 25.3. The van der Waals surface area contributed by atoms with Crippen molar-refractivity contribution in [2.24, 2.45) is 45.3 Å². The Morgan fingerprint density at radius 1 is 0.644 bits per heavy atom. The van der Waals surface area contributed by atoms with Crippen LogP contribution in [0.2, 0.25) is 0 Å². The maximum Gasteiger partial charge on any atom is 0.187 e. The summed E-state index contributed by atoms with van der Waals surface area (Å²) < 4.78 is 63.4. The average Bonchev–Trinajstić information content (AvgIpc) is 3.85. The first-order valence-electron chi connectivity index (χ1n) is 26.8. The van der Waals surface area contributed by atoms with Crippen molar-refractivity contribution in [2.75, 3.05) is 26.4 Å². The lowest BCUT2D eigenvalue weighted by atomic mass is 9.35. The number of aliphatic hydroxyl groups excluding tert-OH is 10. The molecule has 10 fully saturated rings. The van der Waals surface area contributed by atoms with Gasteiger partial charge in [-0.3, -0.25) is 0 Å². The number of hydrogen-bond acceptors (Lipinski definition) is 21. The van der Waals surface area contributed by atoms with E-state index in [0.29, 0.717) is 25.4 Å². The van der Waals surface area contributed by atoms with Gasteiger partial charge in [-0.1, -0.05) is 39.3 Å². The average molecular weight is 1050 g/mol. The topological polar surface area (TPSA) is 315 Å². The molecule has 21 nitrogen and oxygen atoms in total. The first kappa shape index (κ1) is 55.2. The molecule has 6 aliphatic heterocycles. The molecule has 0 amide bonds. The van der Waals surface area contributed by atoms with Crippen LogP contribution in [0.25, 0.3) is 0 Å². The molecule has 418 valence electrons. The number of hydrogen-bond donors (Lipinski definition) is 11. The zero-order valence-electron chi connectivity index (χ0n) is 43.4. The van der Waals surface area contributed by atoms with Crippen LogP contribution in [0.1, 0.15) is 107 Å². The third kappa shape index (κ3) is 8.77. The van der Waals surface area contributed by atoms with E-state index in [1.165, 1.54) is 6.92 Å². The van der Waals surface area contributed by atoms with E-state index in [0.717, 1.165) is 44.1 Å². The number of fused-ring (bicyclic) bond motifs is 4. The lowest BCUT2D eigenvalue weighted by Gasteiger charge is -2.70. The number of aliphatic hydroxyl groups is 11. The molecule has 0 radical (unpaired) electrons. The van der Waals surface area contributed by atoms with Gasteiger partial charge in [0.2, 0.25) is 0 Å². The van der Waals surface area contributed by atoms with Gasteiger partial charge in [0, 0.05) is 24.2 Å². The molecule has 0 aromatic heterocycles. The summed E-state index contributed by atoms with van der Waals surface area (Å²) in [6, 6.07) is 0. The Balaban J connectivity index is 0.919. The maximum atomic E-state index is 12.3. The highest BCUT2D eigenvalue weighted by molar-refractivity contribution is 5.27. The minimum absolute atomic E-state index is 0.108. The molecule has 4 aliphatic carbocycles. The summed E-state index contributed by atoms with van der Waals surface area (Å²) in [5, 5.41) is 121. The third-order valence-electron chi connectivity index (χ3n) is 20.4. The van der Waals surface area contributed by atoms with Gasteiger partial charge in [0.1, 0.15) is 79.4 Å². The Bertz CT molecular complexity index is 2010. The van der Waals surface area contributed by atoms with Crippen LogP contribution in [0.15, 0.2) is 11.6 Å². The van der Waals surface area contributed by atoms with Crippen molar-refractivity contribution in [3.8, 4) is 0 Å². The molecule has 10 aliphatic rings. The number of rotatable bonds is 10. The molecule has 6 heterocycles. The van der Waals surface area contributed by atoms with E-state index in [-0.39, 0.29) is 46.7 Å². The van der Waals surface area contributed by atoms with Gasteiger partial charge in [-0.05, 0) is 100 Å². The highest BCUT2D eigenvalue weighted by Gasteiger charge is 2.81. The molecule has 2 spiro atoms. The van der Waals surface area contributed by atoms with Gasteiger partial charge < -0.3 is 104 Å². The predicted octanol–water partition coefficient (Wildman–Crippen LogP) is -0.542. The molecular formula is C52H84O21. The summed E-state index contributed by atoms with van der Waals surface area (Å²) in [6.45, 7) is 15.9. The van der Waals surface area contributed by atoms with Gasteiger partial charge in [0.15, 0.2) is 30.9 Å². The summed E-state index contributed by atoms with van der Waals surface area (Å²) in [7, 11) is 0. The summed E-state index contributed by atoms with van der Waals surface area (Å²) in [6.07, 6.45) is -20.8. The standard InChI is InChI=1S/C52H84O21/c1-22(2)15-24-16-50(8,63)42-25-9-10-30-48(6)13-12-31(47(4,5)29(48)11-14-49(30,7)51(25)20-52(42,73-24)66-21-51)69-45-41(72-44-38(62)35(59)32(56)23(3)67-44)39(27(55)19-65-45)70-46-40(36(60)34(58)28(17-53)68-46)71-43-37(61)33(57)26(54)18-64-43/h15,23-46,53-63H,9-14,16-21H2,1-8H3/t23-,24?,25?,26+,27+,28+,29?,30?,31?,32+,33-,34+,35+,36-,37+,38+,39+,40+,41+,42?,43-,44-,45-,46-,48?,49?,50?,51?,52?/m0/s1. The predicted molar refractivity (Wildman–Crippen MR) is 250 cm³/mol. The highest BCUT2D eigenvalue weighted by Crippen LogP contribution is 2.80. The fraction of sp³-hybridized carbons (Fsp3) is 0.962. The van der Waals surface area contributed by atoms with E-state index >= 15 is 0 Å². The summed E-state index contributed by atoms with van der Waals surface area (Å²) in [4.78, 5) is 0.